The summed E-state index contributed by atoms with van der Waals surface area (Å²) in [6.07, 6.45) is 8.69. The van der Waals surface area contributed by atoms with E-state index in [-0.39, 0.29) is 28.3 Å². The van der Waals surface area contributed by atoms with E-state index in [0.29, 0.717) is 23.7 Å². The van der Waals surface area contributed by atoms with Crippen LogP contribution in [0.25, 0.3) is 0 Å². The van der Waals surface area contributed by atoms with Gasteiger partial charge in [0.05, 0.1) is 6.10 Å². The fourth-order valence-corrected chi connectivity index (χ4v) is 9.93. The molecule has 5 aliphatic rings. The fraction of sp³-hybridized carbons (Fsp3) is 0.703. The first-order valence-electron chi connectivity index (χ1n) is 16.5. The second-order valence-corrected chi connectivity index (χ2v) is 15.8. The summed E-state index contributed by atoms with van der Waals surface area (Å²) < 4.78 is 0. The van der Waals surface area contributed by atoms with Gasteiger partial charge in [0.1, 0.15) is 5.60 Å². The summed E-state index contributed by atoms with van der Waals surface area (Å²) in [6.45, 7) is 16.2. The van der Waals surface area contributed by atoms with E-state index in [1.165, 1.54) is 16.8 Å². The maximum Gasteiger partial charge on any atom is 0.219 e. The third kappa shape index (κ3) is 4.91. The monoisotopic (exact) mass is 572 g/mol. The van der Waals surface area contributed by atoms with E-state index in [2.05, 4.69) is 81.7 Å². The minimum absolute atomic E-state index is 0.0770. The van der Waals surface area contributed by atoms with Gasteiger partial charge in [0.15, 0.2) is 0 Å². The lowest BCUT2D eigenvalue weighted by Gasteiger charge is -2.62. The van der Waals surface area contributed by atoms with Crippen LogP contribution in [0, 0.1) is 45.8 Å². The van der Waals surface area contributed by atoms with Crippen LogP contribution in [-0.2, 0) is 4.79 Å². The number of piperazine rings is 1. The molecular formula is C37H52N2O3. The number of aliphatic hydroxyl groups is 2. The first-order valence-corrected chi connectivity index (χ1v) is 16.5. The molecule has 4 aliphatic carbocycles. The molecule has 1 aromatic rings. The predicted molar refractivity (Wildman–Crippen MR) is 169 cm³/mol. The first-order chi connectivity index (χ1) is 19.7. The number of aliphatic hydroxyl groups excluding tert-OH is 1. The minimum atomic E-state index is -0.968. The molecule has 8 atom stereocenters. The van der Waals surface area contributed by atoms with Gasteiger partial charge in [-0.2, -0.15) is 0 Å². The maximum absolute atomic E-state index is 12.3. The number of rotatable bonds is 2. The van der Waals surface area contributed by atoms with Crippen molar-refractivity contribution in [3.8, 4) is 11.8 Å². The second kappa shape index (κ2) is 10.4. The molecule has 0 aromatic heterocycles. The normalized spacial score (nSPS) is 39.8. The van der Waals surface area contributed by atoms with Crippen LogP contribution in [-0.4, -0.2) is 58.9 Å². The third-order valence-electron chi connectivity index (χ3n) is 12.3. The van der Waals surface area contributed by atoms with E-state index in [1.807, 2.05) is 4.90 Å². The highest BCUT2D eigenvalue weighted by atomic mass is 16.3. The molecule has 1 heterocycles. The number of hydrogen-bond acceptors (Lipinski definition) is 4. The van der Waals surface area contributed by atoms with Crippen molar-refractivity contribution in [3.05, 3.63) is 41.5 Å². The van der Waals surface area contributed by atoms with E-state index in [1.54, 1.807) is 6.92 Å². The smallest absolute Gasteiger partial charge is 0.219 e. The number of fused-ring (bicyclic) bond motifs is 5. The van der Waals surface area contributed by atoms with E-state index in [9.17, 15) is 15.0 Å². The zero-order valence-electron chi connectivity index (χ0n) is 26.7. The molecule has 1 aliphatic heterocycles. The molecule has 5 nitrogen and oxygen atoms in total. The van der Waals surface area contributed by atoms with Crippen LogP contribution < -0.4 is 4.90 Å². The van der Waals surface area contributed by atoms with Gasteiger partial charge in [0.2, 0.25) is 5.91 Å². The van der Waals surface area contributed by atoms with Crippen molar-refractivity contribution in [2.24, 2.45) is 34.0 Å². The standard InChI is InChI=1S/C37H52N2O3/c1-25(40)38-19-21-39(22-20-38)28-10-7-26(8-11-28)31-24-36(6)32(14-16-37(36,42)18-17-34(2,3)4)30-12-9-27-23-29(41)13-15-35(27,5)33(30)31/h7-8,10-11,23,29-33,41-42H,9,12-16,19-22,24H2,1-6H3/t29?,30-,31+,32-,33+,35-,36-,37+/m0/s1. The van der Waals surface area contributed by atoms with Gasteiger partial charge in [-0.25, -0.2) is 0 Å². The molecule has 0 bridgehead atoms. The molecule has 228 valence electrons. The Hall–Kier alpha value is -2.29. The average molecular weight is 573 g/mol. The number of amides is 1. The third-order valence-corrected chi connectivity index (χ3v) is 12.3. The molecule has 3 saturated carbocycles. The van der Waals surface area contributed by atoms with Crippen molar-refractivity contribution in [2.75, 3.05) is 31.1 Å². The zero-order chi connectivity index (χ0) is 30.1. The molecule has 42 heavy (non-hydrogen) atoms. The Morgan fingerprint density at radius 1 is 1.00 bits per heavy atom. The quantitative estimate of drug-likeness (QED) is 0.330. The number of carbonyl (C=O) groups excluding carboxylic acids is 1. The number of hydrogen-bond donors (Lipinski definition) is 2. The number of allylic oxidation sites excluding steroid dienone is 1. The molecular weight excluding hydrogens is 520 g/mol. The lowest BCUT2D eigenvalue weighted by atomic mass is 9.43. The lowest BCUT2D eigenvalue weighted by Crippen LogP contribution is -2.57. The van der Waals surface area contributed by atoms with Crippen molar-refractivity contribution in [2.45, 2.75) is 104 Å². The Kier molecular flexibility index (Phi) is 7.38. The zero-order valence-corrected chi connectivity index (χ0v) is 26.7. The van der Waals surface area contributed by atoms with E-state index in [0.717, 1.165) is 71.1 Å². The van der Waals surface area contributed by atoms with Gasteiger partial charge in [-0.15, -0.1) is 0 Å². The highest BCUT2D eigenvalue weighted by Crippen LogP contribution is 2.70. The number of anilines is 1. The van der Waals surface area contributed by atoms with E-state index < -0.39 is 5.60 Å². The van der Waals surface area contributed by atoms with Gasteiger partial charge in [0, 0.05) is 49.6 Å². The van der Waals surface area contributed by atoms with Gasteiger partial charge >= 0.3 is 0 Å². The van der Waals surface area contributed by atoms with Gasteiger partial charge in [0.25, 0.3) is 0 Å². The molecule has 0 spiro atoms. The Morgan fingerprint density at radius 2 is 1.69 bits per heavy atom. The van der Waals surface area contributed by atoms with Crippen molar-refractivity contribution < 1.29 is 15.0 Å². The van der Waals surface area contributed by atoms with Gasteiger partial charge in [-0.3, -0.25) is 4.79 Å². The Balaban J connectivity index is 1.37. The van der Waals surface area contributed by atoms with Crippen LogP contribution in [0.3, 0.4) is 0 Å². The van der Waals surface area contributed by atoms with Gasteiger partial charge < -0.3 is 20.0 Å². The van der Waals surface area contributed by atoms with Crippen LogP contribution in [0.1, 0.15) is 98.0 Å². The number of carbonyl (C=O) groups is 1. The van der Waals surface area contributed by atoms with Gasteiger partial charge in [-0.05, 0) is 112 Å². The first kappa shape index (κ1) is 29.8. The van der Waals surface area contributed by atoms with Crippen LogP contribution in [0.5, 0.6) is 0 Å². The van der Waals surface area contributed by atoms with Crippen molar-refractivity contribution in [1.29, 1.82) is 0 Å². The Bertz CT molecular complexity index is 1290. The predicted octanol–water partition coefficient (Wildman–Crippen LogP) is 6.15. The van der Waals surface area contributed by atoms with Gasteiger partial charge in [-0.1, -0.05) is 49.5 Å². The summed E-state index contributed by atoms with van der Waals surface area (Å²) in [6, 6.07) is 9.28. The molecule has 1 amide bonds. The van der Waals surface area contributed by atoms with Crippen LogP contribution in [0.4, 0.5) is 5.69 Å². The average Bonchev–Trinajstić information content (AvgIpc) is 3.22. The van der Waals surface area contributed by atoms with E-state index in [4.69, 9.17) is 0 Å². The highest BCUT2D eigenvalue weighted by molar-refractivity contribution is 5.73. The maximum atomic E-state index is 12.3. The van der Waals surface area contributed by atoms with Crippen LogP contribution >= 0.6 is 0 Å². The summed E-state index contributed by atoms with van der Waals surface area (Å²) in [5, 5.41) is 22.9. The second-order valence-electron chi connectivity index (χ2n) is 15.8. The molecule has 1 unspecified atom stereocenters. The summed E-state index contributed by atoms with van der Waals surface area (Å²) in [5.74, 6) is 8.87. The largest absolute Gasteiger partial charge is 0.389 e. The van der Waals surface area contributed by atoms with Crippen molar-refractivity contribution in [1.82, 2.24) is 4.90 Å². The molecule has 1 saturated heterocycles. The van der Waals surface area contributed by atoms with Crippen LogP contribution in [0.15, 0.2) is 35.9 Å². The number of benzene rings is 1. The topological polar surface area (TPSA) is 64.0 Å². The van der Waals surface area contributed by atoms with E-state index >= 15 is 0 Å². The molecule has 1 aromatic carbocycles. The summed E-state index contributed by atoms with van der Waals surface area (Å²) in [4.78, 5) is 16.2. The summed E-state index contributed by atoms with van der Waals surface area (Å²) in [7, 11) is 0. The molecule has 2 N–H and O–H groups in total. The SMILES string of the molecule is CC(=O)N1CCN(c2ccc([C@H]3C[C@@]4(C)[C@@H](CC[C@@]4(O)C#CC(C)(C)C)[C@@H]4CCC5=CC(O)CC[C@]5(C)[C@H]43)cc2)CC1. The molecule has 5 heteroatoms. The lowest BCUT2D eigenvalue weighted by molar-refractivity contribution is -0.129. The van der Waals surface area contributed by atoms with Crippen molar-refractivity contribution >= 4 is 11.6 Å². The number of nitrogens with zero attached hydrogens (tertiary/aromatic N) is 2. The summed E-state index contributed by atoms with van der Waals surface area (Å²) in [5.41, 5.74) is 2.78. The molecule has 4 fully saturated rings. The summed E-state index contributed by atoms with van der Waals surface area (Å²) >= 11 is 0. The van der Waals surface area contributed by atoms with Crippen LogP contribution in [0.2, 0.25) is 0 Å². The highest BCUT2D eigenvalue weighted by Gasteiger charge is 2.66. The van der Waals surface area contributed by atoms with Crippen molar-refractivity contribution in [3.63, 3.8) is 0 Å². The molecule has 6 rings (SSSR count). The Morgan fingerprint density at radius 3 is 2.33 bits per heavy atom. The fourth-order valence-electron chi connectivity index (χ4n) is 9.93. The Labute approximate surface area is 253 Å². The minimum Gasteiger partial charge on any atom is -0.389 e. The molecule has 0 radical (unpaired) electrons.